The molecule has 0 spiro atoms. The minimum absolute atomic E-state index is 0.513. The molecule has 0 aliphatic carbocycles. The summed E-state index contributed by atoms with van der Waals surface area (Å²) >= 11 is 5.03. The third kappa shape index (κ3) is 2.70. The molecule has 17 heavy (non-hydrogen) atoms. The SMILES string of the molecule is Cc1nnc(Sc2ccc(Br)cc2CN)n1C. The summed E-state index contributed by atoms with van der Waals surface area (Å²) in [5.74, 6) is 0.902. The summed E-state index contributed by atoms with van der Waals surface area (Å²) in [4.78, 5) is 1.12. The van der Waals surface area contributed by atoms with Gasteiger partial charge in [0, 0.05) is 23.0 Å². The summed E-state index contributed by atoms with van der Waals surface area (Å²) in [6.07, 6.45) is 0. The molecule has 0 unspecified atom stereocenters. The van der Waals surface area contributed by atoms with E-state index in [-0.39, 0.29) is 0 Å². The normalized spacial score (nSPS) is 10.8. The minimum atomic E-state index is 0.513. The third-order valence-corrected chi connectivity index (χ3v) is 4.15. The Bertz CT molecular complexity index is 538. The standard InChI is InChI=1S/C11H13BrN4S/c1-7-14-15-11(16(7)2)17-10-4-3-9(12)5-8(10)6-13/h3-5H,6,13H2,1-2H3. The predicted molar refractivity (Wildman–Crippen MR) is 71.9 cm³/mol. The second-order valence-electron chi connectivity index (χ2n) is 3.65. The zero-order valence-electron chi connectivity index (χ0n) is 9.64. The summed E-state index contributed by atoms with van der Waals surface area (Å²) in [6, 6.07) is 6.08. The first-order chi connectivity index (χ1) is 8.11. The van der Waals surface area contributed by atoms with Gasteiger partial charge in [0.1, 0.15) is 5.82 Å². The molecule has 0 aliphatic heterocycles. The maximum Gasteiger partial charge on any atom is 0.195 e. The number of benzene rings is 1. The summed E-state index contributed by atoms with van der Waals surface area (Å²) in [5.41, 5.74) is 6.84. The van der Waals surface area contributed by atoms with Crippen LogP contribution >= 0.6 is 27.7 Å². The quantitative estimate of drug-likeness (QED) is 0.946. The molecule has 2 aromatic rings. The van der Waals surface area contributed by atoms with E-state index in [1.165, 1.54) is 0 Å². The van der Waals surface area contributed by atoms with Gasteiger partial charge in [0.15, 0.2) is 5.16 Å². The van der Waals surface area contributed by atoms with Crippen LogP contribution in [-0.4, -0.2) is 14.8 Å². The summed E-state index contributed by atoms with van der Waals surface area (Å²) in [6.45, 7) is 2.45. The topological polar surface area (TPSA) is 56.7 Å². The molecule has 0 atom stereocenters. The molecule has 0 bridgehead atoms. The van der Waals surface area contributed by atoms with Crippen molar-refractivity contribution in [1.29, 1.82) is 0 Å². The van der Waals surface area contributed by atoms with Gasteiger partial charge in [-0.1, -0.05) is 15.9 Å². The summed E-state index contributed by atoms with van der Waals surface area (Å²) < 4.78 is 3.00. The number of nitrogens with zero attached hydrogens (tertiary/aromatic N) is 3. The molecule has 0 saturated heterocycles. The van der Waals surface area contributed by atoms with Crippen LogP contribution in [0.4, 0.5) is 0 Å². The van der Waals surface area contributed by atoms with Crippen LogP contribution < -0.4 is 5.73 Å². The number of aryl methyl sites for hydroxylation is 1. The van der Waals surface area contributed by atoms with Gasteiger partial charge < -0.3 is 10.3 Å². The second kappa shape index (κ2) is 5.20. The first-order valence-corrected chi connectivity index (χ1v) is 6.75. The monoisotopic (exact) mass is 312 g/mol. The molecule has 2 rings (SSSR count). The van der Waals surface area contributed by atoms with Crippen molar-refractivity contribution in [2.75, 3.05) is 0 Å². The number of hydrogen-bond donors (Lipinski definition) is 1. The Morgan fingerprint density at radius 2 is 2.18 bits per heavy atom. The lowest BCUT2D eigenvalue weighted by atomic mass is 10.2. The molecule has 0 fully saturated rings. The maximum absolute atomic E-state index is 5.74. The summed E-state index contributed by atoms with van der Waals surface area (Å²) in [5, 5.41) is 9.04. The van der Waals surface area contributed by atoms with Crippen molar-refractivity contribution in [3.8, 4) is 0 Å². The molecule has 0 amide bonds. The average Bonchev–Trinajstić information content (AvgIpc) is 2.63. The number of hydrogen-bond acceptors (Lipinski definition) is 4. The van der Waals surface area contributed by atoms with Gasteiger partial charge in [0.2, 0.25) is 0 Å². The van der Waals surface area contributed by atoms with Crippen molar-refractivity contribution >= 4 is 27.7 Å². The lowest BCUT2D eigenvalue weighted by molar-refractivity contribution is 0.765. The van der Waals surface area contributed by atoms with E-state index in [0.717, 1.165) is 25.9 Å². The smallest absolute Gasteiger partial charge is 0.195 e. The van der Waals surface area contributed by atoms with Crippen LogP contribution in [0.5, 0.6) is 0 Å². The highest BCUT2D eigenvalue weighted by molar-refractivity contribution is 9.10. The van der Waals surface area contributed by atoms with Gasteiger partial charge in [-0.15, -0.1) is 10.2 Å². The Morgan fingerprint density at radius 1 is 1.41 bits per heavy atom. The lowest BCUT2D eigenvalue weighted by Gasteiger charge is -2.07. The van der Waals surface area contributed by atoms with Gasteiger partial charge in [-0.25, -0.2) is 0 Å². The fourth-order valence-electron chi connectivity index (χ4n) is 1.38. The molecular weight excluding hydrogens is 300 g/mol. The van der Waals surface area contributed by atoms with E-state index in [1.54, 1.807) is 11.8 Å². The van der Waals surface area contributed by atoms with Crippen LogP contribution in [0, 0.1) is 6.92 Å². The van der Waals surface area contributed by atoms with E-state index in [1.807, 2.05) is 36.7 Å². The fourth-order valence-corrected chi connectivity index (χ4v) is 2.75. The van der Waals surface area contributed by atoms with Crippen molar-refractivity contribution in [2.45, 2.75) is 23.5 Å². The highest BCUT2D eigenvalue weighted by Crippen LogP contribution is 2.30. The Hall–Kier alpha value is -0.850. The third-order valence-electron chi connectivity index (χ3n) is 2.50. The first kappa shape index (κ1) is 12.6. The maximum atomic E-state index is 5.74. The molecule has 1 aromatic heterocycles. The Morgan fingerprint density at radius 3 is 2.76 bits per heavy atom. The van der Waals surface area contributed by atoms with Crippen LogP contribution in [0.2, 0.25) is 0 Å². The molecule has 0 radical (unpaired) electrons. The molecule has 90 valence electrons. The van der Waals surface area contributed by atoms with Crippen LogP contribution in [0.25, 0.3) is 0 Å². The predicted octanol–water partition coefficient (Wildman–Crippen LogP) is 2.50. The molecule has 6 heteroatoms. The Labute approximate surface area is 113 Å². The molecule has 1 heterocycles. The van der Waals surface area contributed by atoms with E-state index >= 15 is 0 Å². The Kier molecular flexibility index (Phi) is 3.86. The number of aromatic nitrogens is 3. The van der Waals surface area contributed by atoms with E-state index < -0.39 is 0 Å². The highest BCUT2D eigenvalue weighted by Gasteiger charge is 2.09. The van der Waals surface area contributed by atoms with E-state index in [2.05, 4.69) is 26.1 Å². The van der Waals surface area contributed by atoms with Gasteiger partial charge in [0.25, 0.3) is 0 Å². The number of nitrogens with two attached hydrogens (primary N) is 1. The molecule has 1 aromatic carbocycles. The molecule has 0 aliphatic rings. The van der Waals surface area contributed by atoms with Gasteiger partial charge in [-0.3, -0.25) is 0 Å². The summed E-state index contributed by atoms with van der Waals surface area (Å²) in [7, 11) is 1.96. The van der Waals surface area contributed by atoms with Crippen LogP contribution in [0.1, 0.15) is 11.4 Å². The van der Waals surface area contributed by atoms with Gasteiger partial charge in [-0.2, -0.15) is 0 Å². The van der Waals surface area contributed by atoms with Crippen LogP contribution in [0.3, 0.4) is 0 Å². The van der Waals surface area contributed by atoms with Crippen molar-refractivity contribution in [2.24, 2.45) is 12.8 Å². The van der Waals surface area contributed by atoms with Gasteiger partial charge in [0.05, 0.1) is 0 Å². The fraction of sp³-hybridized carbons (Fsp3) is 0.273. The first-order valence-electron chi connectivity index (χ1n) is 5.14. The second-order valence-corrected chi connectivity index (χ2v) is 5.57. The van der Waals surface area contributed by atoms with Crippen LogP contribution in [-0.2, 0) is 13.6 Å². The van der Waals surface area contributed by atoms with Crippen molar-refractivity contribution in [3.63, 3.8) is 0 Å². The lowest BCUT2D eigenvalue weighted by Crippen LogP contribution is -1.99. The molecule has 2 N–H and O–H groups in total. The minimum Gasteiger partial charge on any atom is -0.326 e. The molecular formula is C11H13BrN4S. The van der Waals surface area contributed by atoms with E-state index in [9.17, 15) is 0 Å². The van der Waals surface area contributed by atoms with Crippen molar-refractivity contribution in [3.05, 3.63) is 34.1 Å². The zero-order valence-corrected chi connectivity index (χ0v) is 12.0. The van der Waals surface area contributed by atoms with Gasteiger partial charge >= 0.3 is 0 Å². The largest absolute Gasteiger partial charge is 0.326 e. The number of halogens is 1. The Balaban J connectivity index is 2.33. The average molecular weight is 313 g/mol. The van der Waals surface area contributed by atoms with Crippen molar-refractivity contribution in [1.82, 2.24) is 14.8 Å². The molecule has 4 nitrogen and oxygen atoms in total. The van der Waals surface area contributed by atoms with E-state index in [0.29, 0.717) is 6.54 Å². The highest BCUT2D eigenvalue weighted by atomic mass is 79.9. The van der Waals surface area contributed by atoms with Gasteiger partial charge in [-0.05, 0) is 42.4 Å². The number of rotatable bonds is 3. The van der Waals surface area contributed by atoms with Crippen LogP contribution in [0.15, 0.2) is 32.7 Å². The van der Waals surface area contributed by atoms with E-state index in [4.69, 9.17) is 5.73 Å². The zero-order chi connectivity index (χ0) is 12.4. The molecule has 0 saturated carbocycles. The van der Waals surface area contributed by atoms with Crippen molar-refractivity contribution < 1.29 is 0 Å².